The predicted octanol–water partition coefficient (Wildman–Crippen LogP) is 2.01. The molecule has 100 valence electrons. The molecule has 19 heavy (non-hydrogen) atoms. The van der Waals surface area contributed by atoms with Crippen molar-refractivity contribution >= 4 is 18.0 Å². The normalized spacial score (nSPS) is 10.9. The van der Waals surface area contributed by atoms with E-state index in [-0.39, 0.29) is 5.91 Å². The molecule has 2 aromatic heterocycles. The largest absolute Gasteiger partial charge is 0.469 e. The molecule has 0 spiro atoms. The first-order valence-corrected chi connectivity index (χ1v) is 5.72. The van der Waals surface area contributed by atoms with E-state index < -0.39 is 0 Å². The molecule has 0 aliphatic rings. The Kier molecular flexibility index (Phi) is 3.70. The Bertz CT molecular complexity index is 596. The number of hydrogen-bond donors (Lipinski definition) is 1. The van der Waals surface area contributed by atoms with E-state index in [1.165, 1.54) is 12.5 Å². The van der Waals surface area contributed by atoms with Gasteiger partial charge in [-0.15, -0.1) is 0 Å². The van der Waals surface area contributed by atoms with Crippen molar-refractivity contribution in [1.82, 2.24) is 5.43 Å². The van der Waals surface area contributed by atoms with Gasteiger partial charge in [-0.3, -0.25) is 4.79 Å². The number of hydrazone groups is 1. The molecule has 0 unspecified atom stereocenters. The van der Waals surface area contributed by atoms with Gasteiger partial charge in [0.1, 0.15) is 11.5 Å². The molecule has 0 fully saturated rings. The van der Waals surface area contributed by atoms with Gasteiger partial charge in [0.15, 0.2) is 5.88 Å². The van der Waals surface area contributed by atoms with Crippen LogP contribution in [0, 0.1) is 6.92 Å². The van der Waals surface area contributed by atoms with Gasteiger partial charge in [-0.25, -0.2) is 5.43 Å². The molecule has 0 aliphatic heterocycles. The number of rotatable bonds is 4. The first kappa shape index (κ1) is 12.9. The molecule has 2 heterocycles. The number of amides is 1. The molecule has 0 aromatic carbocycles. The molecular weight excluding hydrogens is 246 g/mol. The third-order valence-corrected chi connectivity index (χ3v) is 2.51. The zero-order valence-corrected chi connectivity index (χ0v) is 11.0. The smallest absolute Gasteiger partial charge is 0.274 e. The highest BCUT2D eigenvalue weighted by Crippen LogP contribution is 2.14. The molecule has 0 radical (unpaired) electrons. The molecule has 0 aliphatic carbocycles. The van der Waals surface area contributed by atoms with Crippen molar-refractivity contribution < 1.29 is 13.6 Å². The molecule has 1 amide bonds. The third kappa shape index (κ3) is 3.04. The van der Waals surface area contributed by atoms with Crippen LogP contribution in [-0.4, -0.2) is 26.2 Å². The lowest BCUT2D eigenvalue weighted by Gasteiger charge is -2.05. The molecule has 1 N–H and O–H groups in total. The Morgan fingerprint density at radius 1 is 1.37 bits per heavy atom. The number of anilines is 1. The zero-order valence-electron chi connectivity index (χ0n) is 11.0. The maximum Gasteiger partial charge on any atom is 0.274 e. The molecule has 2 aromatic rings. The number of carbonyl (C=O) groups excluding carboxylic acids is 1. The number of carbonyl (C=O) groups is 1. The standard InChI is InChI=1S/C13H15N3O3/c1-9-11(6-7-18-9)13(17)15-14-8-10-4-5-12(19-10)16(2)3/h4-8H,1-3H3,(H,15,17)/b14-8+. The summed E-state index contributed by atoms with van der Waals surface area (Å²) in [6, 6.07) is 5.19. The molecule has 0 atom stereocenters. The van der Waals surface area contributed by atoms with Crippen LogP contribution >= 0.6 is 0 Å². The van der Waals surface area contributed by atoms with Crippen LogP contribution in [0.5, 0.6) is 0 Å². The Hall–Kier alpha value is -2.50. The van der Waals surface area contributed by atoms with Gasteiger partial charge in [0, 0.05) is 20.2 Å². The molecule has 6 nitrogen and oxygen atoms in total. The van der Waals surface area contributed by atoms with E-state index >= 15 is 0 Å². The monoisotopic (exact) mass is 261 g/mol. The number of furan rings is 2. The van der Waals surface area contributed by atoms with Crippen LogP contribution in [0.1, 0.15) is 21.9 Å². The van der Waals surface area contributed by atoms with E-state index in [0.29, 0.717) is 17.1 Å². The fraction of sp³-hybridized carbons (Fsp3) is 0.231. The van der Waals surface area contributed by atoms with Crippen molar-refractivity contribution in [3.63, 3.8) is 0 Å². The average Bonchev–Trinajstić information content (AvgIpc) is 2.97. The highest BCUT2D eigenvalue weighted by molar-refractivity contribution is 5.95. The van der Waals surface area contributed by atoms with Gasteiger partial charge < -0.3 is 13.7 Å². The van der Waals surface area contributed by atoms with Crippen LogP contribution in [0.25, 0.3) is 0 Å². The van der Waals surface area contributed by atoms with E-state index in [1.807, 2.05) is 25.1 Å². The van der Waals surface area contributed by atoms with Crippen LogP contribution < -0.4 is 10.3 Å². The zero-order chi connectivity index (χ0) is 13.8. The lowest BCUT2D eigenvalue weighted by molar-refractivity contribution is 0.0953. The number of nitrogens with one attached hydrogen (secondary N) is 1. The van der Waals surface area contributed by atoms with Gasteiger partial charge in [-0.05, 0) is 19.1 Å². The molecule has 2 rings (SSSR count). The summed E-state index contributed by atoms with van der Waals surface area (Å²) in [5.41, 5.74) is 2.87. The SMILES string of the molecule is Cc1occc1C(=O)N/N=C/c1ccc(N(C)C)o1. The van der Waals surface area contributed by atoms with Gasteiger partial charge in [0.25, 0.3) is 5.91 Å². The fourth-order valence-corrected chi connectivity index (χ4v) is 1.49. The third-order valence-electron chi connectivity index (χ3n) is 2.51. The fourth-order valence-electron chi connectivity index (χ4n) is 1.49. The maximum atomic E-state index is 11.7. The lowest BCUT2D eigenvalue weighted by atomic mass is 10.2. The van der Waals surface area contributed by atoms with Crippen LogP contribution in [0.2, 0.25) is 0 Å². The van der Waals surface area contributed by atoms with Gasteiger partial charge in [-0.1, -0.05) is 0 Å². The highest BCUT2D eigenvalue weighted by atomic mass is 16.4. The highest BCUT2D eigenvalue weighted by Gasteiger charge is 2.10. The summed E-state index contributed by atoms with van der Waals surface area (Å²) in [5, 5.41) is 3.83. The Morgan fingerprint density at radius 2 is 2.16 bits per heavy atom. The van der Waals surface area contributed by atoms with Crippen LogP contribution in [0.15, 0.2) is 38.4 Å². The first-order valence-electron chi connectivity index (χ1n) is 5.72. The molecule has 0 saturated heterocycles. The summed E-state index contributed by atoms with van der Waals surface area (Å²) >= 11 is 0. The molecule has 0 saturated carbocycles. The summed E-state index contributed by atoms with van der Waals surface area (Å²) in [6.45, 7) is 1.72. The van der Waals surface area contributed by atoms with Crippen molar-refractivity contribution in [2.45, 2.75) is 6.92 Å². The van der Waals surface area contributed by atoms with Crippen molar-refractivity contribution in [3.8, 4) is 0 Å². The average molecular weight is 261 g/mol. The predicted molar refractivity (Wildman–Crippen MR) is 71.5 cm³/mol. The Labute approximate surface area is 110 Å². The minimum absolute atomic E-state index is 0.318. The summed E-state index contributed by atoms with van der Waals surface area (Å²) in [4.78, 5) is 13.5. The van der Waals surface area contributed by atoms with Crippen molar-refractivity contribution in [1.29, 1.82) is 0 Å². The first-order chi connectivity index (χ1) is 9.08. The second-order valence-electron chi connectivity index (χ2n) is 4.16. The minimum atomic E-state index is -0.318. The second-order valence-corrected chi connectivity index (χ2v) is 4.16. The summed E-state index contributed by atoms with van der Waals surface area (Å²) in [5.74, 6) is 1.52. The maximum absolute atomic E-state index is 11.7. The van der Waals surface area contributed by atoms with Crippen LogP contribution in [-0.2, 0) is 0 Å². The van der Waals surface area contributed by atoms with Gasteiger partial charge in [0.2, 0.25) is 0 Å². The molecular formula is C13H15N3O3. The van der Waals surface area contributed by atoms with Crippen molar-refractivity contribution in [2.75, 3.05) is 19.0 Å². The summed E-state index contributed by atoms with van der Waals surface area (Å²) < 4.78 is 10.5. The summed E-state index contributed by atoms with van der Waals surface area (Å²) in [6.07, 6.45) is 2.91. The number of aryl methyl sites for hydroxylation is 1. The molecule has 0 bridgehead atoms. The summed E-state index contributed by atoms with van der Waals surface area (Å²) in [7, 11) is 3.76. The quantitative estimate of drug-likeness (QED) is 0.675. The van der Waals surface area contributed by atoms with Crippen molar-refractivity contribution in [3.05, 3.63) is 41.5 Å². The Balaban J connectivity index is 1.96. The van der Waals surface area contributed by atoms with Crippen LogP contribution in [0.4, 0.5) is 5.88 Å². The Morgan fingerprint density at radius 3 is 2.74 bits per heavy atom. The van der Waals surface area contributed by atoms with Crippen LogP contribution in [0.3, 0.4) is 0 Å². The van der Waals surface area contributed by atoms with E-state index in [0.717, 1.165) is 5.88 Å². The topological polar surface area (TPSA) is 71.0 Å². The van der Waals surface area contributed by atoms with E-state index in [2.05, 4.69) is 10.5 Å². The van der Waals surface area contributed by atoms with Gasteiger partial charge >= 0.3 is 0 Å². The minimum Gasteiger partial charge on any atom is -0.469 e. The molecule has 6 heteroatoms. The second kappa shape index (κ2) is 5.43. The van der Waals surface area contributed by atoms with Gasteiger partial charge in [-0.2, -0.15) is 5.10 Å². The van der Waals surface area contributed by atoms with E-state index in [9.17, 15) is 4.79 Å². The number of nitrogens with zero attached hydrogens (tertiary/aromatic N) is 2. The van der Waals surface area contributed by atoms with E-state index in [4.69, 9.17) is 8.83 Å². The lowest BCUT2D eigenvalue weighted by Crippen LogP contribution is -2.17. The van der Waals surface area contributed by atoms with E-state index in [1.54, 1.807) is 19.1 Å². The van der Waals surface area contributed by atoms with Gasteiger partial charge in [0.05, 0.1) is 18.0 Å². The number of hydrogen-bond acceptors (Lipinski definition) is 5. The van der Waals surface area contributed by atoms with Crippen molar-refractivity contribution in [2.24, 2.45) is 5.10 Å².